The molecule has 0 radical (unpaired) electrons. The number of hydrogen-bond donors (Lipinski definition) is 1. The SMILES string of the molecule is Cc1cc(Cl)cc(C(=O)Nc2ccnc(Cl)n2)c1. The second-order valence-electron chi connectivity index (χ2n) is 3.68. The average molecular weight is 282 g/mol. The Morgan fingerprint density at radius 2 is 2.06 bits per heavy atom. The van der Waals surface area contributed by atoms with Crippen LogP contribution in [0, 0.1) is 6.92 Å². The van der Waals surface area contributed by atoms with Crippen molar-refractivity contribution in [1.29, 1.82) is 0 Å². The lowest BCUT2D eigenvalue weighted by molar-refractivity contribution is 0.102. The van der Waals surface area contributed by atoms with Gasteiger partial charge in [-0.15, -0.1) is 0 Å². The number of aromatic nitrogens is 2. The summed E-state index contributed by atoms with van der Waals surface area (Å²) in [6.45, 7) is 1.87. The van der Waals surface area contributed by atoms with Gasteiger partial charge in [0.05, 0.1) is 0 Å². The van der Waals surface area contributed by atoms with E-state index >= 15 is 0 Å². The van der Waals surface area contributed by atoms with Crippen LogP contribution in [0.4, 0.5) is 5.82 Å². The minimum Gasteiger partial charge on any atom is -0.306 e. The predicted molar refractivity (Wildman–Crippen MR) is 71.2 cm³/mol. The Morgan fingerprint density at radius 3 is 2.72 bits per heavy atom. The number of rotatable bonds is 2. The fourth-order valence-corrected chi connectivity index (χ4v) is 1.90. The molecule has 92 valence electrons. The van der Waals surface area contributed by atoms with Gasteiger partial charge in [-0.1, -0.05) is 11.6 Å². The third-order valence-electron chi connectivity index (χ3n) is 2.17. The van der Waals surface area contributed by atoms with E-state index in [-0.39, 0.29) is 11.2 Å². The van der Waals surface area contributed by atoms with Gasteiger partial charge in [0.15, 0.2) is 0 Å². The second-order valence-corrected chi connectivity index (χ2v) is 4.46. The molecule has 0 unspecified atom stereocenters. The summed E-state index contributed by atoms with van der Waals surface area (Å²) in [6.07, 6.45) is 1.47. The van der Waals surface area contributed by atoms with Gasteiger partial charge in [0.1, 0.15) is 5.82 Å². The van der Waals surface area contributed by atoms with Crippen molar-refractivity contribution in [2.75, 3.05) is 5.32 Å². The standard InChI is InChI=1S/C12H9Cl2N3O/c1-7-4-8(6-9(13)5-7)11(18)16-10-2-3-15-12(14)17-10/h2-6H,1H3,(H,15,16,17,18). The zero-order chi connectivity index (χ0) is 13.1. The minimum atomic E-state index is -0.296. The van der Waals surface area contributed by atoms with Crippen molar-refractivity contribution >= 4 is 34.9 Å². The first kappa shape index (κ1) is 12.8. The number of aryl methyl sites for hydroxylation is 1. The van der Waals surface area contributed by atoms with E-state index in [1.54, 1.807) is 24.3 Å². The maximum absolute atomic E-state index is 12.0. The summed E-state index contributed by atoms with van der Waals surface area (Å²) in [7, 11) is 0. The van der Waals surface area contributed by atoms with E-state index in [1.807, 2.05) is 6.92 Å². The van der Waals surface area contributed by atoms with E-state index in [0.29, 0.717) is 16.4 Å². The van der Waals surface area contributed by atoms with Crippen LogP contribution >= 0.6 is 23.2 Å². The highest BCUT2D eigenvalue weighted by Gasteiger charge is 2.08. The molecular formula is C12H9Cl2N3O. The van der Waals surface area contributed by atoms with Gasteiger partial charge in [-0.05, 0) is 48.4 Å². The normalized spacial score (nSPS) is 10.2. The molecule has 0 atom stereocenters. The Labute approximate surface area is 114 Å². The number of nitrogens with one attached hydrogen (secondary N) is 1. The molecule has 0 saturated heterocycles. The topological polar surface area (TPSA) is 54.9 Å². The Hall–Kier alpha value is -1.65. The number of halogens is 2. The van der Waals surface area contributed by atoms with Gasteiger partial charge in [-0.25, -0.2) is 9.97 Å². The highest BCUT2D eigenvalue weighted by atomic mass is 35.5. The van der Waals surface area contributed by atoms with Gasteiger partial charge in [0.25, 0.3) is 5.91 Å². The number of hydrogen-bond acceptors (Lipinski definition) is 3. The van der Waals surface area contributed by atoms with Crippen LogP contribution in [0.2, 0.25) is 10.3 Å². The molecule has 2 aromatic rings. The quantitative estimate of drug-likeness (QED) is 0.859. The smallest absolute Gasteiger partial charge is 0.256 e. The molecule has 0 aliphatic rings. The lowest BCUT2D eigenvalue weighted by atomic mass is 10.1. The van der Waals surface area contributed by atoms with Crippen molar-refractivity contribution in [3.63, 3.8) is 0 Å². The minimum absolute atomic E-state index is 0.0788. The van der Waals surface area contributed by atoms with Crippen LogP contribution in [0.1, 0.15) is 15.9 Å². The highest BCUT2D eigenvalue weighted by Crippen LogP contribution is 2.16. The van der Waals surface area contributed by atoms with Crippen LogP contribution < -0.4 is 5.32 Å². The van der Waals surface area contributed by atoms with Gasteiger partial charge in [0, 0.05) is 16.8 Å². The highest BCUT2D eigenvalue weighted by molar-refractivity contribution is 6.31. The molecule has 6 heteroatoms. The van der Waals surface area contributed by atoms with E-state index in [9.17, 15) is 4.79 Å². The molecule has 0 aliphatic carbocycles. The zero-order valence-corrected chi connectivity index (χ0v) is 11.0. The fraction of sp³-hybridized carbons (Fsp3) is 0.0833. The van der Waals surface area contributed by atoms with E-state index in [4.69, 9.17) is 23.2 Å². The summed E-state index contributed by atoms with van der Waals surface area (Å²) < 4.78 is 0. The summed E-state index contributed by atoms with van der Waals surface area (Å²) >= 11 is 11.5. The Morgan fingerprint density at radius 1 is 1.28 bits per heavy atom. The van der Waals surface area contributed by atoms with Crippen molar-refractivity contribution in [3.8, 4) is 0 Å². The lowest BCUT2D eigenvalue weighted by Gasteiger charge is -2.05. The molecule has 0 saturated carbocycles. The van der Waals surface area contributed by atoms with Gasteiger partial charge in [-0.2, -0.15) is 0 Å². The maximum Gasteiger partial charge on any atom is 0.256 e. The summed E-state index contributed by atoms with van der Waals surface area (Å²) in [6, 6.07) is 6.66. The van der Waals surface area contributed by atoms with Gasteiger partial charge in [-0.3, -0.25) is 4.79 Å². The number of carbonyl (C=O) groups is 1. The molecule has 1 N–H and O–H groups in total. The molecule has 1 heterocycles. The molecule has 4 nitrogen and oxygen atoms in total. The van der Waals surface area contributed by atoms with Gasteiger partial charge < -0.3 is 5.32 Å². The fourth-order valence-electron chi connectivity index (χ4n) is 1.46. The number of nitrogens with zero attached hydrogens (tertiary/aromatic N) is 2. The summed E-state index contributed by atoms with van der Waals surface area (Å²) in [4.78, 5) is 19.6. The van der Waals surface area contributed by atoms with E-state index in [1.165, 1.54) is 6.20 Å². The van der Waals surface area contributed by atoms with E-state index < -0.39 is 0 Å². The van der Waals surface area contributed by atoms with Crippen LogP contribution in [0.3, 0.4) is 0 Å². The second kappa shape index (κ2) is 5.33. The molecule has 2 rings (SSSR count). The van der Waals surface area contributed by atoms with Gasteiger partial charge in [0.2, 0.25) is 5.28 Å². The third-order valence-corrected chi connectivity index (χ3v) is 2.57. The van der Waals surface area contributed by atoms with Crippen LogP contribution in [0.5, 0.6) is 0 Å². The van der Waals surface area contributed by atoms with Crippen molar-refractivity contribution < 1.29 is 4.79 Å². The zero-order valence-electron chi connectivity index (χ0n) is 9.45. The number of anilines is 1. The summed E-state index contributed by atoms with van der Waals surface area (Å²) in [5.74, 6) is 0.0491. The molecule has 1 amide bonds. The van der Waals surface area contributed by atoms with Crippen LogP contribution in [0.15, 0.2) is 30.5 Å². The average Bonchev–Trinajstić information content (AvgIpc) is 2.27. The molecule has 1 aromatic heterocycles. The van der Waals surface area contributed by atoms with Crippen LogP contribution in [0.25, 0.3) is 0 Å². The summed E-state index contributed by atoms with van der Waals surface area (Å²) in [5.41, 5.74) is 1.38. The first-order valence-corrected chi connectivity index (χ1v) is 5.87. The molecular weight excluding hydrogens is 273 g/mol. The lowest BCUT2D eigenvalue weighted by Crippen LogP contribution is -2.13. The van der Waals surface area contributed by atoms with E-state index in [0.717, 1.165) is 5.56 Å². The Kier molecular flexibility index (Phi) is 3.79. The first-order chi connectivity index (χ1) is 8.54. The molecule has 0 aliphatic heterocycles. The van der Waals surface area contributed by atoms with Crippen molar-refractivity contribution in [2.24, 2.45) is 0 Å². The predicted octanol–water partition coefficient (Wildman–Crippen LogP) is 3.34. The van der Waals surface area contributed by atoms with Crippen LogP contribution in [-0.4, -0.2) is 15.9 Å². The Balaban J connectivity index is 2.22. The monoisotopic (exact) mass is 281 g/mol. The molecule has 0 bridgehead atoms. The van der Waals surface area contributed by atoms with Crippen molar-refractivity contribution in [2.45, 2.75) is 6.92 Å². The Bertz CT molecular complexity index is 581. The largest absolute Gasteiger partial charge is 0.306 e. The summed E-state index contributed by atoms with van der Waals surface area (Å²) in [5, 5.41) is 3.21. The van der Waals surface area contributed by atoms with Gasteiger partial charge >= 0.3 is 0 Å². The number of carbonyl (C=O) groups excluding carboxylic acids is 1. The van der Waals surface area contributed by atoms with Crippen molar-refractivity contribution in [3.05, 3.63) is 51.9 Å². The number of benzene rings is 1. The molecule has 1 aromatic carbocycles. The van der Waals surface area contributed by atoms with Crippen LogP contribution in [-0.2, 0) is 0 Å². The molecule has 0 fully saturated rings. The molecule has 18 heavy (non-hydrogen) atoms. The first-order valence-electron chi connectivity index (χ1n) is 5.12. The maximum atomic E-state index is 12.0. The molecule has 0 spiro atoms. The third kappa shape index (κ3) is 3.18. The number of amides is 1. The van der Waals surface area contributed by atoms with Crippen molar-refractivity contribution in [1.82, 2.24) is 9.97 Å². The van der Waals surface area contributed by atoms with E-state index in [2.05, 4.69) is 15.3 Å².